The van der Waals surface area contributed by atoms with Crippen LogP contribution in [-0.4, -0.2) is 11.7 Å². The largest absolute Gasteiger partial charge is 0.322 e. The summed E-state index contributed by atoms with van der Waals surface area (Å²) < 4.78 is 24.6. The summed E-state index contributed by atoms with van der Waals surface area (Å²) in [6.45, 7) is -0.775. The lowest BCUT2D eigenvalue weighted by Crippen LogP contribution is -2.14. The summed E-state index contributed by atoms with van der Waals surface area (Å²) in [7, 11) is 0. The lowest BCUT2D eigenvalue weighted by molar-refractivity contribution is 0.422. The van der Waals surface area contributed by atoms with Gasteiger partial charge in [-0.25, -0.2) is 9.37 Å². The van der Waals surface area contributed by atoms with Crippen molar-refractivity contribution in [3.63, 3.8) is 0 Å². The Labute approximate surface area is 63.1 Å². The van der Waals surface area contributed by atoms with E-state index in [-0.39, 0.29) is 5.56 Å². The topological polar surface area (TPSA) is 38.9 Å². The van der Waals surface area contributed by atoms with Crippen LogP contribution in [0.1, 0.15) is 11.6 Å². The Bertz CT molecular complexity index is 240. The van der Waals surface area contributed by atoms with E-state index in [1.807, 2.05) is 0 Å². The molecule has 0 aliphatic carbocycles. The van der Waals surface area contributed by atoms with Crippen LogP contribution >= 0.6 is 0 Å². The van der Waals surface area contributed by atoms with E-state index in [4.69, 9.17) is 5.73 Å². The van der Waals surface area contributed by atoms with Crippen LogP contribution in [0.25, 0.3) is 0 Å². The number of nitrogens with two attached hydrogens (primary N) is 1. The molecule has 60 valence electrons. The third kappa shape index (κ3) is 1.71. The second-order valence-electron chi connectivity index (χ2n) is 2.14. The lowest BCUT2D eigenvalue weighted by atomic mass is 10.1. The smallest absolute Gasteiger partial charge is 0.217 e. The average molecular weight is 158 g/mol. The monoisotopic (exact) mass is 158 g/mol. The zero-order valence-electron chi connectivity index (χ0n) is 5.80. The number of pyridine rings is 1. The Morgan fingerprint density at radius 3 is 2.91 bits per heavy atom. The third-order valence-electron chi connectivity index (χ3n) is 1.35. The molecular formula is C7H8F2N2. The third-order valence-corrected chi connectivity index (χ3v) is 1.35. The number of halogens is 2. The molecule has 1 rings (SSSR count). The predicted octanol–water partition coefficient (Wildman–Crippen LogP) is 1.19. The SMILES string of the molecule is N[C@@H](CF)c1cccnc1F. The molecule has 0 radical (unpaired) electrons. The first kappa shape index (κ1) is 8.07. The molecule has 11 heavy (non-hydrogen) atoms. The summed E-state index contributed by atoms with van der Waals surface area (Å²) >= 11 is 0. The molecule has 1 heterocycles. The number of alkyl halides is 1. The van der Waals surface area contributed by atoms with E-state index < -0.39 is 18.7 Å². The highest BCUT2D eigenvalue weighted by atomic mass is 19.1. The van der Waals surface area contributed by atoms with Gasteiger partial charge in [0, 0.05) is 11.8 Å². The van der Waals surface area contributed by atoms with Crippen molar-refractivity contribution in [1.29, 1.82) is 0 Å². The maximum atomic E-state index is 12.7. The molecule has 0 unspecified atom stereocenters. The van der Waals surface area contributed by atoms with Crippen LogP contribution in [0.3, 0.4) is 0 Å². The summed E-state index contributed by atoms with van der Waals surface area (Å²) in [6.07, 6.45) is 1.30. The van der Waals surface area contributed by atoms with E-state index in [0.29, 0.717) is 0 Å². The van der Waals surface area contributed by atoms with Crippen molar-refractivity contribution in [2.24, 2.45) is 5.73 Å². The van der Waals surface area contributed by atoms with Crippen LogP contribution in [0.5, 0.6) is 0 Å². The van der Waals surface area contributed by atoms with Crippen LogP contribution in [0, 0.1) is 5.95 Å². The van der Waals surface area contributed by atoms with E-state index in [2.05, 4.69) is 4.98 Å². The van der Waals surface area contributed by atoms with Crippen LogP contribution in [-0.2, 0) is 0 Å². The van der Waals surface area contributed by atoms with Gasteiger partial charge in [0.2, 0.25) is 5.95 Å². The van der Waals surface area contributed by atoms with Gasteiger partial charge in [-0.3, -0.25) is 0 Å². The Morgan fingerprint density at radius 2 is 2.36 bits per heavy atom. The molecule has 2 nitrogen and oxygen atoms in total. The quantitative estimate of drug-likeness (QED) is 0.656. The maximum absolute atomic E-state index is 12.7. The number of rotatable bonds is 2. The number of aromatic nitrogens is 1. The highest BCUT2D eigenvalue weighted by molar-refractivity contribution is 5.14. The van der Waals surface area contributed by atoms with Crippen molar-refractivity contribution in [2.45, 2.75) is 6.04 Å². The van der Waals surface area contributed by atoms with Gasteiger partial charge in [-0.05, 0) is 6.07 Å². The molecule has 0 spiro atoms. The first-order chi connectivity index (χ1) is 5.25. The fraction of sp³-hybridized carbons (Fsp3) is 0.286. The molecule has 0 saturated carbocycles. The van der Waals surface area contributed by atoms with E-state index in [9.17, 15) is 8.78 Å². The molecule has 4 heteroatoms. The Morgan fingerprint density at radius 1 is 1.64 bits per heavy atom. The summed E-state index contributed by atoms with van der Waals surface area (Å²) in [5, 5.41) is 0. The number of hydrogen-bond acceptors (Lipinski definition) is 2. The normalized spacial score (nSPS) is 13.0. The van der Waals surface area contributed by atoms with Gasteiger partial charge >= 0.3 is 0 Å². The van der Waals surface area contributed by atoms with Crippen molar-refractivity contribution in [1.82, 2.24) is 4.98 Å². The Kier molecular flexibility index (Phi) is 2.48. The second-order valence-corrected chi connectivity index (χ2v) is 2.14. The van der Waals surface area contributed by atoms with Crippen molar-refractivity contribution < 1.29 is 8.78 Å². The van der Waals surface area contributed by atoms with Crippen molar-refractivity contribution >= 4 is 0 Å². The highest BCUT2D eigenvalue weighted by Gasteiger charge is 2.10. The Hall–Kier alpha value is -1.03. The van der Waals surface area contributed by atoms with Crippen molar-refractivity contribution in [3.05, 3.63) is 29.8 Å². The first-order valence-electron chi connectivity index (χ1n) is 3.17. The summed E-state index contributed by atoms with van der Waals surface area (Å²) in [5.74, 6) is -0.697. The maximum Gasteiger partial charge on any atom is 0.217 e. The fourth-order valence-electron chi connectivity index (χ4n) is 0.758. The fourth-order valence-corrected chi connectivity index (χ4v) is 0.758. The minimum absolute atomic E-state index is 0.120. The highest BCUT2D eigenvalue weighted by Crippen LogP contribution is 2.11. The van der Waals surface area contributed by atoms with E-state index in [0.717, 1.165) is 0 Å². The van der Waals surface area contributed by atoms with Gasteiger partial charge < -0.3 is 5.73 Å². The predicted molar refractivity (Wildman–Crippen MR) is 37.1 cm³/mol. The van der Waals surface area contributed by atoms with Crippen LogP contribution in [0.4, 0.5) is 8.78 Å². The standard InChI is InChI=1S/C7H8F2N2/c8-4-6(10)5-2-1-3-11-7(5)9/h1-3,6H,4,10H2/t6-/m0/s1. The minimum atomic E-state index is -0.899. The zero-order valence-corrected chi connectivity index (χ0v) is 5.80. The summed E-state index contributed by atoms with van der Waals surface area (Å²) in [5.41, 5.74) is 5.36. The molecule has 0 amide bonds. The van der Waals surface area contributed by atoms with Crippen molar-refractivity contribution in [3.8, 4) is 0 Å². The molecule has 0 bridgehead atoms. The Balaban J connectivity index is 2.93. The summed E-state index contributed by atoms with van der Waals surface area (Å²) in [4.78, 5) is 3.33. The number of nitrogens with zero attached hydrogens (tertiary/aromatic N) is 1. The van der Waals surface area contributed by atoms with Crippen LogP contribution in [0.2, 0.25) is 0 Å². The summed E-state index contributed by atoms with van der Waals surface area (Å²) in [6, 6.07) is 2.05. The molecule has 2 N–H and O–H groups in total. The van der Waals surface area contributed by atoms with Gasteiger partial charge in [0.05, 0.1) is 6.04 Å². The first-order valence-corrected chi connectivity index (χ1v) is 3.17. The van der Waals surface area contributed by atoms with Gasteiger partial charge in [-0.15, -0.1) is 0 Å². The van der Waals surface area contributed by atoms with E-state index in [1.54, 1.807) is 0 Å². The zero-order chi connectivity index (χ0) is 8.27. The molecule has 0 fully saturated rings. The average Bonchev–Trinajstić information content (AvgIpc) is 2.04. The van der Waals surface area contributed by atoms with Crippen LogP contribution < -0.4 is 5.73 Å². The molecule has 0 aliphatic rings. The molecule has 1 aromatic rings. The molecule has 1 aromatic heterocycles. The molecule has 0 aromatic carbocycles. The van der Waals surface area contributed by atoms with E-state index in [1.165, 1.54) is 18.3 Å². The van der Waals surface area contributed by atoms with E-state index >= 15 is 0 Å². The molecular weight excluding hydrogens is 150 g/mol. The van der Waals surface area contributed by atoms with Crippen molar-refractivity contribution in [2.75, 3.05) is 6.67 Å². The minimum Gasteiger partial charge on any atom is -0.322 e. The lowest BCUT2D eigenvalue weighted by Gasteiger charge is -2.06. The second kappa shape index (κ2) is 3.39. The van der Waals surface area contributed by atoms with Gasteiger partial charge in [-0.2, -0.15) is 4.39 Å². The van der Waals surface area contributed by atoms with Gasteiger partial charge in [0.1, 0.15) is 6.67 Å². The van der Waals surface area contributed by atoms with Gasteiger partial charge in [0.25, 0.3) is 0 Å². The van der Waals surface area contributed by atoms with Gasteiger partial charge in [-0.1, -0.05) is 6.07 Å². The van der Waals surface area contributed by atoms with Crippen LogP contribution in [0.15, 0.2) is 18.3 Å². The molecule has 1 atom stereocenters. The van der Waals surface area contributed by atoms with Gasteiger partial charge in [0.15, 0.2) is 0 Å². The molecule has 0 saturated heterocycles. The number of hydrogen-bond donors (Lipinski definition) is 1. The molecule has 0 aliphatic heterocycles.